The Kier molecular flexibility index (Phi) is 3.74. The van der Waals surface area contributed by atoms with Crippen molar-refractivity contribution in [2.45, 2.75) is 52.1 Å². The van der Waals surface area contributed by atoms with E-state index in [9.17, 15) is 0 Å². The predicted octanol–water partition coefficient (Wildman–Crippen LogP) is 4.09. The summed E-state index contributed by atoms with van der Waals surface area (Å²) in [6, 6.07) is 2.94. The fraction of sp³-hybridized carbons (Fsp3) is 0.533. The smallest absolute Gasteiger partial charge is 0.116 e. The van der Waals surface area contributed by atoms with Crippen LogP contribution in [-0.4, -0.2) is 11.0 Å². The average molecular weight is 292 g/mol. The molecule has 1 atom stereocenters. The molecule has 1 aliphatic carbocycles. The zero-order valence-electron chi connectivity index (χ0n) is 11.7. The number of aryl methyl sites for hydroxylation is 3. The van der Waals surface area contributed by atoms with Gasteiger partial charge in [0.15, 0.2) is 0 Å². The number of hydrogen-bond donors (Lipinski definition) is 1. The molecule has 2 aromatic rings. The lowest BCUT2D eigenvalue weighted by molar-refractivity contribution is 0.530. The van der Waals surface area contributed by atoms with E-state index in [-0.39, 0.29) is 6.04 Å². The van der Waals surface area contributed by atoms with E-state index in [4.69, 9.17) is 4.98 Å². The van der Waals surface area contributed by atoms with E-state index < -0.39 is 0 Å². The quantitative estimate of drug-likeness (QED) is 0.918. The number of aromatic nitrogens is 1. The first-order valence-corrected chi connectivity index (χ1v) is 8.63. The van der Waals surface area contributed by atoms with Gasteiger partial charge >= 0.3 is 0 Å². The minimum Gasteiger partial charge on any atom is -0.301 e. The van der Waals surface area contributed by atoms with Crippen LogP contribution in [0, 0.1) is 6.92 Å². The molecule has 3 rings (SSSR count). The Bertz CT molecular complexity index is 547. The molecular weight excluding hydrogens is 272 g/mol. The van der Waals surface area contributed by atoms with Crippen LogP contribution in [0.3, 0.4) is 0 Å². The molecule has 0 aliphatic heterocycles. The summed E-state index contributed by atoms with van der Waals surface area (Å²) in [4.78, 5) is 7.84. The van der Waals surface area contributed by atoms with Crippen molar-refractivity contribution < 1.29 is 0 Å². The van der Waals surface area contributed by atoms with E-state index in [2.05, 4.69) is 37.5 Å². The maximum absolute atomic E-state index is 4.90. The molecule has 0 amide bonds. The third-order valence-electron chi connectivity index (χ3n) is 3.52. The van der Waals surface area contributed by atoms with Gasteiger partial charge in [-0.1, -0.05) is 0 Å². The van der Waals surface area contributed by atoms with Crippen LogP contribution >= 0.6 is 22.7 Å². The van der Waals surface area contributed by atoms with Crippen molar-refractivity contribution in [3.63, 3.8) is 0 Å². The molecule has 0 aromatic carbocycles. The van der Waals surface area contributed by atoms with Gasteiger partial charge in [-0.3, -0.25) is 0 Å². The third-order valence-corrected chi connectivity index (χ3v) is 5.83. The van der Waals surface area contributed by atoms with Gasteiger partial charge in [-0.25, -0.2) is 4.98 Å². The Morgan fingerprint density at radius 1 is 1.32 bits per heavy atom. The Morgan fingerprint density at radius 3 is 2.79 bits per heavy atom. The first-order chi connectivity index (χ1) is 9.15. The van der Waals surface area contributed by atoms with E-state index >= 15 is 0 Å². The summed E-state index contributed by atoms with van der Waals surface area (Å²) in [6.45, 7) is 6.61. The molecule has 19 heavy (non-hydrogen) atoms. The molecule has 2 heterocycles. The standard InChI is InChI=1S/C15H20N2S2/c1-9(2)16-13(14-10(3)7-8-18-14)15-17-11-5-4-6-12(11)19-15/h7-9,13,16H,4-6H2,1-3H3. The van der Waals surface area contributed by atoms with Gasteiger partial charge < -0.3 is 5.32 Å². The van der Waals surface area contributed by atoms with E-state index in [0.29, 0.717) is 6.04 Å². The Balaban J connectivity index is 1.96. The SMILES string of the molecule is Cc1ccsc1C(NC(C)C)c1nc2c(s1)CCC2. The van der Waals surface area contributed by atoms with Crippen molar-refractivity contribution in [1.82, 2.24) is 10.3 Å². The molecule has 0 saturated carbocycles. The predicted molar refractivity (Wildman–Crippen MR) is 83.3 cm³/mol. The van der Waals surface area contributed by atoms with Gasteiger partial charge in [0, 0.05) is 15.8 Å². The molecule has 0 fully saturated rings. The third kappa shape index (κ3) is 2.62. The molecule has 2 nitrogen and oxygen atoms in total. The Hall–Kier alpha value is -0.710. The highest BCUT2D eigenvalue weighted by molar-refractivity contribution is 7.12. The van der Waals surface area contributed by atoms with Crippen LogP contribution in [0.15, 0.2) is 11.4 Å². The lowest BCUT2D eigenvalue weighted by Gasteiger charge is -2.19. The van der Waals surface area contributed by atoms with E-state index in [1.165, 1.54) is 45.3 Å². The van der Waals surface area contributed by atoms with E-state index in [0.717, 1.165) is 0 Å². The van der Waals surface area contributed by atoms with Crippen LogP contribution in [0.5, 0.6) is 0 Å². The number of nitrogens with zero attached hydrogens (tertiary/aromatic N) is 1. The molecule has 102 valence electrons. The van der Waals surface area contributed by atoms with Gasteiger partial charge in [0.05, 0.1) is 11.7 Å². The normalized spacial score (nSPS) is 16.0. The second-order valence-electron chi connectivity index (χ2n) is 5.50. The second-order valence-corrected chi connectivity index (χ2v) is 7.56. The molecule has 0 radical (unpaired) electrons. The maximum Gasteiger partial charge on any atom is 0.116 e. The van der Waals surface area contributed by atoms with Crippen LogP contribution in [0.1, 0.15) is 52.3 Å². The number of rotatable bonds is 4. The fourth-order valence-electron chi connectivity index (χ4n) is 2.61. The van der Waals surface area contributed by atoms with Gasteiger partial charge in [0.2, 0.25) is 0 Å². The van der Waals surface area contributed by atoms with E-state index in [1.807, 2.05) is 22.7 Å². The molecule has 0 saturated heterocycles. The van der Waals surface area contributed by atoms with Gasteiger partial charge in [0.1, 0.15) is 5.01 Å². The number of thiazole rings is 1. The Morgan fingerprint density at radius 2 is 2.16 bits per heavy atom. The summed E-state index contributed by atoms with van der Waals surface area (Å²) in [6.07, 6.45) is 3.68. The summed E-state index contributed by atoms with van der Waals surface area (Å²) in [5, 5.41) is 7.12. The lowest BCUT2D eigenvalue weighted by Crippen LogP contribution is -2.28. The first kappa shape index (κ1) is 13.3. The molecule has 0 spiro atoms. The average Bonchev–Trinajstić information content (AvgIpc) is 3.00. The summed E-state index contributed by atoms with van der Waals surface area (Å²) >= 11 is 3.75. The minimum atomic E-state index is 0.274. The van der Waals surface area contributed by atoms with Crippen molar-refractivity contribution in [3.05, 3.63) is 37.5 Å². The highest BCUT2D eigenvalue weighted by Crippen LogP contribution is 2.36. The van der Waals surface area contributed by atoms with Gasteiger partial charge in [-0.15, -0.1) is 22.7 Å². The molecular formula is C15H20N2S2. The zero-order chi connectivity index (χ0) is 13.4. The molecule has 1 N–H and O–H groups in total. The summed E-state index contributed by atoms with van der Waals surface area (Å²) in [5.74, 6) is 0. The van der Waals surface area contributed by atoms with Crippen LogP contribution in [0.4, 0.5) is 0 Å². The highest BCUT2D eigenvalue weighted by Gasteiger charge is 2.25. The molecule has 2 aromatic heterocycles. The Labute approximate surface area is 122 Å². The first-order valence-electron chi connectivity index (χ1n) is 6.93. The van der Waals surface area contributed by atoms with Crippen LogP contribution in [-0.2, 0) is 12.8 Å². The van der Waals surface area contributed by atoms with Crippen molar-refractivity contribution in [1.29, 1.82) is 0 Å². The molecule has 4 heteroatoms. The number of hydrogen-bond acceptors (Lipinski definition) is 4. The summed E-state index contributed by atoms with van der Waals surface area (Å²) in [7, 11) is 0. The maximum atomic E-state index is 4.90. The lowest BCUT2D eigenvalue weighted by atomic mass is 10.1. The van der Waals surface area contributed by atoms with E-state index in [1.54, 1.807) is 0 Å². The molecule has 1 unspecified atom stereocenters. The van der Waals surface area contributed by atoms with Crippen LogP contribution in [0.2, 0.25) is 0 Å². The summed E-state index contributed by atoms with van der Waals surface area (Å²) < 4.78 is 0. The van der Waals surface area contributed by atoms with Crippen LogP contribution < -0.4 is 5.32 Å². The summed E-state index contributed by atoms with van der Waals surface area (Å²) in [5.41, 5.74) is 2.73. The number of nitrogens with one attached hydrogen (secondary N) is 1. The zero-order valence-corrected chi connectivity index (χ0v) is 13.3. The van der Waals surface area contributed by atoms with Crippen molar-refractivity contribution in [3.8, 4) is 0 Å². The largest absolute Gasteiger partial charge is 0.301 e. The fourth-order valence-corrected chi connectivity index (χ4v) is 4.89. The van der Waals surface area contributed by atoms with Gasteiger partial charge in [-0.05, 0) is 57.0 Å². The number of thiophene rings is 1. The minimum absolute atomic E-state index is 0.274. The van der Waals surface area contributed by atoms with Crippen molar-refractivity contribution in [2.75, 3.05) is 0 Å². The topological polar surface area (TPSA) is 24.9 Å². The van der Waals surface area contributed by atoms with Crippen molar-refractivity contribution >= 4 is 22.7 Å². The second kappa shape index (κ2) is 5.35. The monoisotopic (exact) mass is 292 g/mol. The molecule has 0 bridgehead atoms. The van der Waals surface area contributed by atoms with Crippen LogP contribution in [0.25, 0.3) is 0 Å². The van der Waals surface area contributed by atoms with Crippen molar-refractivity contribution in [2.24, 2.45) is 0 Å². The van der Waals surface area contributed by atoms with Gasteiger partial charge in [-0.2, -0.15) is 0 Å². The number of fused-ring (bicyclic) bond motifs is 1. The highest BCUT2D eigenvalue weighted by atomic mass is 32.1. The van der Waals surface area contributed by atoms with Gasteiger partial charge in [0.25, 0.3) is 0 Å². The molecule has 1 aliphatic rings.